The van der Waals surface area contributed by atoms with Crippen molar-refractivity contribution in [3.63, 3.8) is 0 Å². The van der Waals surface area contributed by atoms with Crippen LogP contribution in [0.3, 0.4) is 0 Å². The van der Waals surface area contributed by atoms with E-state index < -0.39 is 11.7 Å². The first-order valence-electron chi connectivity index (χ1n) is 15.6. The summed E-state index contributed by atoms with van der Waals surface area (Å²) < 4.78 is 20.2. The molecular weight excluding hydrogens is 541 g/mol. The van der Waals surface area contributed by atoms with Gasteiger partial charge >= 0.3 is 0 Å². The lowest BCUT2D eigenvalue weighted by Crippen LogP contribution is -2.54. The van der Waals surface area contributed by atoms with Crippen LogP contribution in [-0.2, 0) is 0 Å². The molecule has 1 unspecified atom stereocenters. The lowest BCUT2D eigenvalue weighted by Gasteiger charge is -2.56. The van der Waals surface area contributed by atoms with E-state index in [-0.39, 0.29) is 5.56 Å². The van der Waals surface area contributed by atoms with Crippen LogP contribution in [0.4, 0.5) is 10.1 Å². The number of nitrogens with two attached hydrogens (primary N) is 1. The smallest absolute Gasteiger partial charge is 0.252 e. The number of anilines is 1. The summed E-state index contributed by atoms with van der Waals surface area (Å²) in [5.41, 5.74) is 10.9. The van der Waals surface area contributed by atoms with E-state index >= 15 is 0 Å². The number of pyridine rings is 1. The van der Waals surface area contributed by atoms with Gasteiger partial charge in [-0.1, -0.05) is 38.1 Å². The van der Waals surface area contributed by atoms with Gasteiger partial charge in [0.15, 0.2) is 0 Å². The summed E-state index contributed by atoms with van der Waals surface area (Å²) in [4.78, 5) is 24.4. The number of amides is 1. The third-order valence-electron chi connectivity index (χ3n) is 10.2. The van der Waals surface area contributed by atoms with Crippen molar-refractivity contribution in [2.75, 3.05) is 24.5 Å². The van der Waals surface area contributed by atoms with Crippen LogP contribution in [0.1, 0.15) is 85.8 Å². The SMILES string of the molecule is CC(C)c1ccccc1C1CCCN1C1CC2(CCN(c3ccc(C(N)=O)c(Oc4cnc5[nH]cc(F)c5c4)c3)CC2)C1. The van der Waals surface area contributed by atoms with Gasteiger partial charge in [0.25, 0.3) is 5.91 Å². The number of aromatic amines is 1. The maximum atomic E-state index is 14.1. The Balaban J connectivity index is 1.02. The molecule has 2 aromatic heterocycles. The Kier molecular flexibility index (Phi) is 7.12. The lowest BCUT2D eigenvalue weighted by molar-refractivity contribution is -0.0227. The van der Waals surface area contributed by atoms with Gasteiger partial charge in [0, 0.05) is 43.1 Å². The van der Waals surface area contributed by atoms with Crippen molar-refractivity contribution in [3.8, 4) is 11.5 Å². The Morgan fingerprint density at radius 3 is 2.67 bits per heavy atom. The number of primary amides is 1. The number of hydrogen-bond acceptors (Lipinski definition) is 5. The predicted molar refractivity (Wildman–Crippen MR) is 167 cm³/mol. The van der Waals surface area contributed by atoms with Gasteiger partial charge in [-0.15, -0.1) is 0 Å². The van der Waals surface area contributed by atoms with Gasteiger partial charge in [0.05, 0.1) is 17.1 Å². The zero-order valence-electron chi connectivity index (χ0n) is 25.0. The van der Waals surface area contributed by atoms with Crippen LogP contribution in [0.5, 0.6) is 11.5 Å². The molecule has 4 aromatic rings. The Morgan fingerprint density at radius 1 is 1.12 bits per heavy atom. The average molecular weight is 582 g/mol. The van der Waals surface area contributed by atoms with Crippen LogP contribution >= 0.6 is 0 Å². The van der Waals surface area contributed by atoms with E-state index in [2.05, 4.69) is 57.9 Å². The van der Waals surface area contributed by atoms with E-state index in [1.54, 1.807) is 12.1 Å². The standard InChI is InChI=1S/C35H40FN5O2/c1-22(2)26-6-3-4-7-27(26)31-8-5-13-41(31)24-18-35(19-24)11-14-40(15-12-35)23-9-10-28(33(37)42)32(16-23)43-25-17-29-30(36)21-39-34(29)38-20-25/h3-4,6-7,9-10,16-17,20-22,24,31H,5,8,11-15,18-19H2,1-2H3,(H2,37,42)(H,38,39). The number of ether oxygens (including phenoxy) is 1. The molecule has 8 heteroatoms. The first-order valence-corrected chi connectivity index (χ1v) is 15.6. The molecular formula is C35H40FN5O2. The number of benzene rings is 2. The maximum Gasteiger partial charge on any atom is 0.252 e. The fraction of sp³-hybridized carbons (Fsp3) is 0.429. The summed E-state index contributed by atoms with van der Waals surface area (Å²) in [7, 11) is 0. The Bertz CT molecular complexity index is 1650. The van der Waals surface area contributed by atoms with Crippen LogP contribution in [0, 0.1) is 11.2 Å². The van der Waals surface area contributed by atoms with E-state index in [1.807, 2.05) is 12.1 Å². The fourth-order valence-corrected chi connectivity index (χ4v) is 7.85. The number of H-pyrrole nitrogens is 1. The van der Waals surface area contributed by atoms with Gasteiger partial charge in [-0.2, -0.15) is 0 Å². The van der Waals surface area contributed by atoms with E-state index in [0.717, 1.165) is 31.6 Å². The summed E-state index contributed by atoms with van der Waals surface area (Å²) in [6.07, 6.45) is 10.2. The summed E-state index contributed by atoms with van der Waals surface area (Å²) in [5.74, 6) is 0.268. The fourth-order valence-electron chi connectivity index (χ4n) is 7.85. The number of nitrogens with zero attached hydrogens (tertiary/aromatic N) is 3. The number of fused-ring (bicyclic) bond motifs is 1. The van der Waals surface area contributed by atoms with E-state index in [1.165, 1.54) is 55.7 Å². The lowest BCUT2D eigenvalue weighted by atomic mass is 9.59. The minimum atomic E-state index is -0.572. The molecule has 7 nitrogen and oxygen atoms in total. The molecule has 4 heterocycles. The molecule has 3 fully saturated rings. The topological polar surface area (TPSA) is 87.5 Å². The van der Waals surface area contributed by atoms with Crippen molar-refractivity contribution in [1.29, 1.82) is 0 Å². The molecule has 3 aliphatic rings. The molecule has 2 aliphatic heterocycles. The maximum absolute atomic E-state index is 14.1. The van der Waals surface area contributed by atoms with Crippen molar-refractivity contribution >= 4 is 22.6 Å². The van der Waals surface area contributed by atoms with E-state index in [4.69, 9.17) is 10.5 Å². The minimum absolute atomic E-state index is 0.285. The first kappa shape index (κ1) is 27.9. The summed E-state index contributed by atoms with van der Waals surface area (Å²) in [5, 5.41) is 0.332. The highest BCUT2D eigenvalue weighted by Gasteiger charge is 2.50. The Labute approximate surface area is 252 Å². The van der Waals surface area contributed by atoms with Gasteiger partial charge < -0.3 is 20.4 Å². The van der Waals surface area contributed by atoms with Crippen LogP contribution in [0.25, 0.3) is 11.0 Å². The summed E-state index contributed by atoms with van der Waals surface area (Å²) >= 11 is 0. The van der Waals surface area contributed by atoms with Gasteiger partial charge in [-0.25, -0.2) is 9.37 Å². The number of halogens is 1. The predicted octanol–water partition coefficient (Wildman–Crippen LogP) is 7.30. The zero-order chi connectivity index (χ0) is 29.7. The Morgan fingerprint density at radius 2 is 1.91 bits per heavy atom. The molecule has 43 heavy (non-hydrogen) atoms. The number of carbonyl (C=O) groups is 1. The number of aromatic nitrogens is 2. The number of likely N-dealkylation sites (tertiary alicyclic amines) is 1. The highest BCUT2D eigenvalue weighted by Crippen LogP contribution is 2.54. The number of hydrogen-bond donors (Lipinski definition) is 2. The third kappa shape index (κ3) is 5.16. The second kappa shape index (κ2) is 11.0. The molecule has 0 bridgehead atoms. The Hall–Kier alpha value is -3.91. The van der Waals surface area contributed by atoms with Crippen molar-refractivity contribution in [2.24, 2.45) is 11.1 Å². The second-order valence-electron chi connectivity index (χ2n) is 13.1. The highest BCUT2D eigenvalue weighted by molar-refractivity contribution is 5.96. The highest BCUT2D eigenvalue weighted by atomic mass is 19.1. The largest absolute Gasteiger partial charge is 0.455 e. The molecule has 0 radical (unpaired) electrons. The van der Waals surface area contributed by atoms with E-state index in [0.29, 0.717) is 45.9 Å². The molecule has 1 atom stereocenters. The van der Waals surface area contributed by atoms with Crippen molar-refractivity contribution in [3.05, 3.63) is 83.4 Å². The van der Waals surface area contributed by atoms with Crippen LogP contribution in [0.15, 0.2) is 60.9 Å². The number of nitrogens with one attached hydrogen (secondary N) is 1. The third-order valence-corrected chi connectivity index (χ3v) is 10.2. The van der Waals surface area contributed by atoms with Crippen LogP contribution in [0.2, 0.25) is 0 Å². The molecule has 7 rings (SSSR count). The minimum Gasteiger partial charge on any atom is -0.455 e. The van der Waals surface area contributed by atoms with Gasteiger partial charge in [-0.05, 0) is 85.7 Å². The molecule has 2 saturated heterocycles. The number of piperidine rings is 1. The van der Waals surface area contributed by atoms with Gasteiger partial charge in [-0.3, -0.25) is 9.69 Å². The van der Waals surface area contributed by atoms with Gasteiger partial charge in [0.2, 0.25) is 0 Å². The van der Waals surface area contributed by atoms with Gasteiger partial charge in [0.1, 0.15) is 23.0 Å². The van der Waals surface area contributed by atoms with Crippen molar-refractivity contribution in [1.82, 2.24) is 14.9 Å². The molecule has 3 N–H and O–H groups in total. The normalized spacial score (nSPS) is 20.7. The quantitative estimate of drug-likeness (QED) is 0.239. The molecule has 1 spiro atoms. The first-order chi connectivity index (χ1) is 20.8. The summed E-state index contributed by atoms with van der Waals surface area (Å²) in [6.45, 7) is 7.74. The van der Waals surface area contributed by atoms with Crippen molar-refractivity contribution < 1.29 is 13.9 Å². The molecule has 224 valence electrons. The molecule has 1 saturated carbocycles. The van der Waals surface area contributed by atoms with Crippen molar-refractivity contribution in [2.45, 2.75) is 70.4 Å². The van der Waals surface area contributed by atoms with Crippen LogP contribution < -0.4 is 15.4 Å². The molecule has 1 aliphatic carbocycles. The molecule has 1 amide bonds. The average Bonchev–Trinajstić information content (AvgIpc) is 3.62. The van der Waals surface area contributed by atoms with Crippen LogP contribution in [-0.4, -0.2) is 46.5 Å². The number of rotatable bonds is 7. The second-order valence-corrected chi connectivity index (χ2v) is 13.1. The monoisotopic (exact) mass is 581 g/mol. The molecule has 2 aromatic carbocycles. The number of carbonyl (C=O) groups excluding carboxylic acids is 1. The summed E-state index contributed by atoms with van der Waals surface area (Å²) in [6, 6.07) is 17.4. The zero-order valence-corrected chi connectivity index (χ0v) is 25.0. The van der Waals surface area contributed by atoms with E-state index in [9.17, 15) is 9.18 Å².